The highest BCUT2D eigenvalue weighted by molar-refractivity contribution is 7.14. The average Bonchev–Trinajstić information content (AvgIpc) is 2.86. The number of rotatable bonds is 3. The Morgan fingerprint density at radius 2 is 2.33 bits per heavy atom. The third-order valence-corrected chi connectivity index (χ3v) is 3.92. The Kier molecular flexibility index (Phi) is 2.67. The van der Waals surface area contributed by atoms with Gasteiger partial charge in [-0.05, 0) is 0 Å². The molecule has 2 aromatic heterocycles. The Morgan fingerprint density at radius 3 is 2.89 bits per heavy atom. The zero-order valence-corrected chi connectivity index (χ0v) is 10.6. The lowest BCUT2D eigenvalue weighted by atomic mass is 10.1. The van der Waals surface area contributed by atoms with E-state index in [9.17, 15) is 4.79 Å². The number of hydrogen-bond acceptors (Lipinski definition) is 6. The molecule has 18 heavy (non-hydrogen) atoms. The van der Waals surface area contributed by atoms with Gasteiger partial charge in [0.1, 0.15) is 5.15 Å². The van der Waals surface area contributed by atoms with Crippen LogP contribution >= 0.6 is 22.9 Å². The fourth-order valence-electron chi connectivity index (χ4n) is 1.72. The average molecular weight is 286 g/mol. The van der Waals surface area contributed by atoms with E-state index in [0.29, 0.717) is 5.15 Å². The van der Waals surface area contributed by atoms with Crippen molar-refractivity contribution in [3.8, 4) is 0 Å². The molecule has 1 N–H and O–H groups in total. The summed E-state index contributed by atoms with van der Waals surface area (Å²) in [5, 5.41) is 19.3. The van der Waals surface area contributed by atoms with E-state index in [4.69, 9.17) is 16.7 Å². The summed E-state index contributed by atoms with van der Waals surface area (Å²) in [5.41, 5.74) is -0.0363. The summed E-state index contributed by atoms with van der Waals surface area (Å²) in [5.74, 6) is -1.07. The topological polar surface area (TPSA) is 84.1 Å². The Labute approximate surface area is 111 Å². The Hall–Kier alpha value is -1.67. The zero-order chi connectivity index (χ0) is 12.7. The largest absolute Gasteiger partial charge is 0.476 e. The van der Waals surface area contributed by atoms with Gasteiger partial charge in [0, 0.05) is 18.5 Å². The van der Waals surface area contributed by atoms with Gasteiger partial charge < -0.3 is 10.0 Å². The molecular formula is C9H8ClN5O2S. The molecule has 0 amide bonds. The van der Waals surface area contributed by atoms with Crippen molar-refractivity contribution in [1.82, 2.24) is 20.0 Å². The van der Waals surface area contributed by atoms with Crippen LogP contribution in [0.5, 0.6) is 0 Å². The van der Waals surface area contributed by atoms with Gasteiger partial charge in [-0.2, -0.15) is 0 Å². The van der Waals surface area contributed by atoms with E-state index in [1.165, 1.54) is 17.5 Å². The van der Waals surface area contributed by atoms with Crippen molar-refractivity contribution in [3.05, 3.63) is 22.4 Å². The second kappa shape index (κ2) is 4.21. The molecule has 3 rings (SSSR count). The van der Waals surface area contributed by atoms with Gasteiger partial charge in [-0.1, -0.05) is 16.8 Å². The van der Waals surface area contributed by atoms with Crippen LogP contribution < -0.4 is 4.90 Å². The van der Waals surface area contributed by atoms with E-state index in [1.807, 2.05) is 0 Å². The summed E-state index contributed by atoms with van der Waals surface area (Å²) in [6, 6.07) is 0.133. The molecule has 9 heteroatoms. The molecule has 2 aromatic rings. The van der Waals surface area contributed by atoms with E-state index in [1.54, 1.807) is 10.1 Å². The smallest absolute Gasteiger partial charge is 0.358 e. The van der Waals surface area contributed by atoms with Crippen molar-refractivity contribution in [3.63, 3.8) is 0 Å². The molecule has 1 aliphatic heterocycles. The molecule has 3 heterocycles. The van der Waals surface area contributed by atoms with Crippen LogP contribution in [0.25, 0.3) is 0 Å². The normalized spacial score (nSPS) is 15.7. The van der Waals surface area contributed by atoms with E-state index in [2.05, 4.69) is 20.2 Å². The van der Waals surface area contributed by atoms with Gasteiger partial charge in [0.25, 0.3) is 0 Å². The summed E-state index contributed by atoms with van der Waals surface area (Å²) in [7, 11) is 0. The lowest BCUT2D eigenvalue weighted by molar-refractivity contribution is 0.0690. The van der Waals surface area contributed by atoms with Gasteiger partial charge in [-0.25, -0.2) is 14.5 Å². The summed E-state index contributed by atoms with van der Waals surface area (Å²) in [6.45, 7) is 1.46. The van der Waals surface area contributed by atoms with Crippen LogP contribution in [0.2, 0.25) is 5.15 Å². The minimum Gasteiger partial charge on any atom is -0.476 e. The first-order valence-corrected chi connectivity index (χ1v) is 6.40. The summed E-state index contributed by atoms with van der Waals surface area (Å²) < 4.78 is 1.58. The molecule has 1 saturated heterocycles. The summed E-state index contributed by atoms with van der Waals surface area (Å²) in [6.07, 6.45) is 1.44. The fourth-order valence-corrected chi connectivity index (χ4v) is 2.69. The first-order chi connectivity index (χ1) is 8.63. The Balaban J connectivity index is 1.66. The minimum atomic E-state index is -1.07. The van der Waals surface area contributed by atoms with Crippen LogP contribution in [0, 0.1) is 0 Å². The van der Waals surface area contributed by atoms with Gasteiger partial charge in [0.15, 0.2) is 10.8 Å². The third-order valence-electron chi connectivity index (χ3n) is 2.70. The predicted octanol–water partition coefficient (Wildman–Crippen LogP) is 1.15. The predicted molar refractivity (Wildman–Crippen MR) is 65.4 cm³/mol. The minimum absolute atomic E-state index is 0.0363. The van der Waals surface area contributed by atoms with E-state index < -0.39 is 5.97 Å². The second-order valence-corrected chi connectivity index (χ2v) is 5.12. The van der Waals surface area contributed by atoms with E-state index in [-0.39, 0.29) is 11.7 Å². The maximum Gasteiger partial charge on any atom is 0.358 e. The second-order valence-electron chi connectivity index (χ2n) is 3.90. The highest BCUT2D eigenvalue weighted by Gasteiger charge is 2.31. The number of carboxylic acids is 1. The van der Waals surface area contributed by atoms with Crippen LogP contribution in [0.15, 0.2) is 11.6 Å². The molecule has 0 unspecified atom stereocenters. The molecule has 7 nitrogen and oxygen atoms in total. The molecule has 0 bridgehead atoms. The lowest BCUT2D eigenvalue weighted by Crippen LogP contribution is -2.48. The molecule has 0 aromatic carbocycles. The van der Waals surface area contributed by atoms with Crippen LogP contribution in [-0.2, 0) is 0 Å². The number of hydrogen-bond donors (Lipinski definition) is 1. The van der Waals surface area contributed by atoms with Gasteiger partial charge in [-0.15, -0.1) is 16.4 Å². The number of carboxylic acid groups (broad SMARTS) is 1. The number of anilines is 1. The highest BCUT2D eigenvalue weighted by Crippen LogP contribution is 2.31. The molecule has 0 atom stereocenters. The first-order valence-electron chi connectivity index (χ1n) is 5.14. The first kappa shape index (κ1) is 11.4. The number of thiazole rings is 1. The van der Waals surface area contributed by atoms with E-state index >= 15 is 0 Å². The van der Waals surface area contributed by atoms with Crippen molar-refractivity contribution < 1.29 is 9.90 Å². The number of nitrogens with zero attached hydrogens (tertiary/aromatic N) is 5. The van der Waals surface area contributed by atoms with Crippen LogP contribution in [0.4, 0.5) is 5.13 Å². The number of aromatic carboxylic acids is 1. The fraction of sp³-hybridized carbons (Fsp3) is 0.333. The molecule has 1 aliphatic rings. The Bertz CT molecular complexity index is 591. The lowest BCUT2D eigenvalue weighted by Gasteiger charge is -2.38. The highest BCUT2D eigenvalue weighted by atomic mass is 35.5. The monoisotopic (exact) mass is 285 g/mol. The molecule has 0 spiro atoms. The van der Waals surface area contributed by atoms with Crippen molar-refractivity contribution in [2.24, 2.45) is 0 Å². The van der Waals surface area contributed by atoms with Crippen LogP contribution in [0.1, 0.15) is 16.5 Å². The SMILES string of the molecule is O=C(O)c1cn(C2CN(c3nc(Cl)cs3)C2)nn1. The van der Waals surface area contributed by atoms with Crippen molar-refractivity contribution >= 4 is 34.0 Å². The van der Waals surface area contributed by atoms with Gasteiger partial charge in [-0.3, -0.25) is 0 Å². The Morgan fingerprint density at radius 1 is 1.56 bits per heavy atom. The maximum absolute atomic E-state index is 10.7. The number of halogens is 1. The van der Waals surface area contributed by atoms with E-state index in [0.717, 1.165) is 18.2 Å². The van der Waals surface area contributed by atoms with Gasteiger partial charge in [0.05, 0.1) is 12.2 Å². The maximum atomic E-state index is 10.7. The number of carbonyl (C=O) groups is 1. The van der Waals surface area contributed by atoms with Crippen molar-refractivity contribution in [2.75, 3.05) is 18.0 Å². The summed E-state index contributed by atoms with van der Waals surface area (Å²) in [4.78, 5) is 16.9. The quantitative estimate of drug-likeness (QED) is 0.910. The molecule has 0 radical (unpaired) electrons. The van der Waals surface area contributed by atoms with Gasteiger partial charge >= 0.3 is 5.97 Å². The number of aromatic nitrogens is 4. The molecule has 94 valence electrons. The zero-order valence-electron chi connectivity index (χ0n) is 9.02. The molecule has 1 fully saturated rings. The van der Waals surface area contributed by atoms with Crippen molar-refractivity contribution in [1.29, 1.82) is 0 Å². The van der Waals surface area contributed by atoms with Crippen molar-refractivity contribution in [2.45, 2.75) is 6.04 Å². The van der Waals surface area contributed by atoms with Gasteiger partial charge in [0.2, 0.25) is 0 Å². The summed E-state index contributed by atoms with van der Waals surface area (Å²) >= 11 is 7.24. The van der Waals surface area contributed by atoms with Crippen LogP contribution in [0.3, 0.4) is 0 Å². The molecular weight excluding hydrogens is 278 g/mol. The standard InChI is InChI=1S/C9H8ClN5O2S/c10-7-4-18-9(11-7)14-1-5(2-14)15-3-6(8(16)17)12-13-15/h3-5H,1-2H2,(H,16,17). The third kappa shape index (κ3) is 1.93. The van der Waals surface area contributed by atoms with Crippen LogP contribution in [-0.4, -0.2) is 44.1 Å². The molecule has 0 aliphatic carbocycles. The molecule has 0 saturated carbocycles.